The van der Waals surface area contributed by atoms with E-state index in [0.29, 0.717) is 18.0 Å². The number of ether oxygens (including phenoxy) is 2. The van der Waals surface area contributed by atoms with Crippen LogP contribution in [0.15, 0.2) is 65.3 Å². The predicted molar refractivity (Wildman–Crippen MR) is 143 cm³/mol. The molecular formula is C30H33N3O4. The number of likely N-dealkylation sites (tertiary alicyclic amines) is 1. The van der Waals surface area contributed by atoms with Crippen molar-refractivity contribution >= 4 is 17.1 Å². The number of hydrogen-bond acceptors (Lipinski definition) is 7. The minimum absolute atomic E-state index is 0.00429. The predicted octanol–water partition coefficient (Wildman–Crippen LogP) is 5.92. The van der Waals surface area contributed by atoms with Gasteiger partial charge in [-0.15, -0.1) is 0 Å². The van der Waals surface area contributed by atoms with Crippen LogP contribution >= 0.6 is 0 Å². The Kier molecular flexibility index (Phi) is 7.80. The number of rotatable bonds is 9. The van der Waals surface area contributed by atoms with E-state index in [1.807, 2.05) is 30.3 Å². The highest BCUT2D eigenvalue weighted by molar-refractivity contribution is 6.03. The Balaban J connectivity index is 1.47. The lowest BCUT2D eigenvalue weighted by atomic mass is 9.98. The summed E-state index contributed by atoms with van der Waals surface area (Å²) in [5.41, 5.74) is 4.77. The molecular weight excluding hydrogens is 466 g/mol. The van der Waals surface area contributed by atoms with Crippen molar-refractivity contribution in [2.24, 2.45) is 0 Å². The topological polar surface area (TPSA) is 77.7 Å². The van der Waals surface area contributed by atoms with Crippen LogP contribution in [-0.2, 0) is 16.0 Å². The first-order chi connectivity index (χ1) is 18.2. The Hall–Kier alpha value is -3.71. The third-order valence-corrected chi connectivity index (χ3v) is 6.96. The lowest BCUT2D eigenvalue weighted by molar-refractivity contribution is -0.140. The van der Waals surface area contributed by atoms with E-state index in [1.54, 1.807) is 0 Å². The van der Waals surface area contributed by atoms with Gasteiger partial charge in [0.2, 0.25) is 11.6 Å². The van der Waals surface area contributed by atoms with Gasteiger partial charge in [0.25, 0.3) is 0 Å². The van der Waals surface area contributed by atoms with Crippen molar-refractivity contribution in [1.82, 2.24) is 14.9 Å². The highest BCUT2D eigenvalue weighted by Gasteiger charge is 2.26. The van der Waals surface area contributed by atoms with E-state index in [2.05, 4.69) is 46.1 Å². The van der Waals surface area contributed by atoms with Crippen LogP contribution in [0.25, 0.3) is 33.6 Å². The van der Waals surface area contributed by atoms with E-state index in [0.717, 1.165) is 73.2 Å². The largest absolute Gasteiger partial charge is 0.472 e. The van der Waals surface area contributed by atoms with E-state index < -0.39 is 0 Å². The average molecular weight is 500 g/mol. The summed E-state index contributed by atoms with van der Waals surface area (Å²) in [6.07, 6.45) is 5.67. The molecule has 1 aliphatic heterocycles. The zero-order chi connectivity index (χ0) is 25.6. The first-order valence-electron chi connectivity index (χ1n) is 13.0. The van der Waals surface area contributed by atoms with Gasteiger partial charge in [-0.2, -0.15) is 0 Å². The summed E-state index contributed by atoms with van der Waals surface area (Å²) in [5.74, 6) is 1.15. The van der Waals surface area contributed by atoms with Gasteiger partial charge in [0.1, 0.15) is 23.6 Å². The van der Waals surface area contributed by atoms with Crippen LogP contribution in [0.2, 0.25) is 0 Å². The van der Waals surface area contributed by atoms with E-state index in [1.165, 1.54) is 19.0 Å². The SMILES string of the molecule is CCc1ccc(-c2c(-c3ccccc3)oc3ncnc(O[C@@H]4CCCN(CCCC(=O)OC)C4)c23)cc1. The molecule has 2 aromatic heterocycles. The number of nitrogens with zero attached hydrogens (tertiary/aromatic N) is 3. The molecule has 0 unspecified atom stereocenters. The number of aryl methyl sites for hydroxylation is 1. The molecule has 7 nitrogen and oxygen atoms in total. The fourth-order valence-corrected chi connectivity index (χ4v) is 4.99. The Bertz CT molecular complexity index is 1330. The number of methoxy groups -OCH3 is 1. The van der Waals surface area contributed by atoms with Crippen LogP contribution in [0.4, 0.5) is 0 Å². The van der Waals surface area contributed by atoms with Gasteiger partial charge in [0.05, 0.1) is 7.11 Å². The van der Waals surface area contributed by atoms with Crippen LogP contribution in [0, 0.1) is 0 Å². The number of benzene rings is 2. The molecule has 1 aliphatic rings. The van der Waals surface area contributed by atoms with Crippen LogP contribution < -0.4 is 4.74 Å². The molecule has 1 fully saturated rings. The third-order valence-electron chi connectivity index (χ3n) is 6.96. The van der Waals surface area contributed by atoms with E-state index in [-0.39, 0.29) is 12.1 Å². The number of carbonyl (C=O) groups excluding carboxylic acids is 1. The van der Waals surface area contributed by atoms with Gasteiger partial charge in [-0.3, -0.25) is 9.69 Å². The van der Waals surface area contributed by atoms with Crippen LogP contribution in [-0.4, -0.2) is 53.7 Å². The Morgan fingerprint density at radius 1 is 1.08 bits per heavy atom. The number of furan rings is 1. The molecule has 1 atom stereocenters. The fourth-order valence-electron chi connectivity index (χ4n) is 4.99. The smallest absolute Gasteiger partial charge is 0.305 e. The number of fused-ring (bicyclic) bond motifs is 1. The van der Waals surface area contributed by atoms with Crippen molar-refractivity contribution in [3.8, 4) is 28.3 Å². The molecule has 0 spiro atoms. The summed E-state index contributed by atoms with van der Waals surface area (Å²) >= 11 is 0. The van der Waals surface area contributed by atoms with Crippen molar-refractivity contribution < 1.29 is 18.7 Å². The Morgan fingerprint density at radius 2 is 1.89 bits per heavy atom. The highest BCUT2D eigenvalue weighted by Crippen LogP contribution is 2.43. The molecule has 0 aliphatic carbocycles. The highest BCUT2D eigenvalue weighted by atomic mass is 16.5. The molecule has 5 rings (SSSR count). The second-order valence-electron chi connectivity index (χ2n) is 9.44. The summed E-state index contributed by atoms with van der Waals surface area (Å²) in [4.78, 5) is 22.9. The Labute approximate surface area is 217 Å². The summed E-state index contributed by atoms with van der Waals surface area (Å²) in [6, 6.07) is 18.7. The summed E-state index contributed by atoms with van der Waals surface area (Å²) in [7, 11) is 1.43. The average Bonchev–Trinajstić information content (AvgIpc) is 3.34. The van der Waals surface area contributed by atoms with Crippen molar-refractivity contribution in [3.05, 3.63) is 66.5 Å². The van der Waals surface area contributed by atoms with Crippen molar-refractivity contribution in [2.45, 2.75) is 45.1 Å². The third kappa shape index (κ3) is 5.67. The minimum atomic E-state index is -0.165. The zero-order valence-electron chi connectivity index (χ0n) is 21.5. The Morgan fingerprint density at radius 3 is 2.65 bits per heavy atom. The molecule has 4 aromatic rings. The molecule has 0 bridgehead atoms. The molecule has 0 radical (unpaired) electrons. The molecule has 1 saturated heterocycles. The van der Waals surface area contributed by atoms with Crippen molar-refractivity contribution in [1.29, 1.82) is 0 Å². The van der Waals surface area contributed by atoms with Crippen molar-refractivity contribution in [3.63, 3.8) is 0 Å². The fraction of sp³-hybridized carbons (Fsp3) is 0.367. The molecule has 3 heterocycles. The van der Waals surface area contributed by atoms with Crippen molar-refractivity contribution in [2.75, 3.05) is 26.7 Å². The van der Waals surface area contributed by atoms with Gasteiger partial charge in [0, 0.05) is 24.1 Å². The van der Waals surface area contributed by atoms with E-state index in [4.69, 9.17) is 13.9 Å². The second-order valence-corrected chi connectivity index (χ2v) is 9.44. The van der Waals surface area contributed by atoms with Gasteiger partial charge in [-0.1, -0.05) is 61.5 Å². The summed E-state index contributed by atoms with van der Waals surface area (Å²) in [5, 5.41) is 0.799. The van der Waals surface area contributed by atoms with Gasteiger partial charge in [-0.25, -0.2) is 9.97 Å². The number of piperidine rings is 1. The van der Waals surface area contributed by atoms with Gasteiger partial charge in [0.15, 0.2) is 0 Å². The standard InChI is InChI=1S/C30H33N3O4/c1-3-21-13-15-22(16-14-21)26-27-29(31-20-32-30(27)37-28(26)23-9-5-4-6-10-23)36-24-11-7-17-33(19-24)18-8-12-25(34)35-2/h4-6,9-10,13-16,20,24H,3,7-8,11-12,17-19H2,1-2H3/t24-/m1/s1. The van der Waals surface area contributed by atoms with Gasteiger partial charge in [-0.05, 0) is 49.9 Å². The molecule has 192 valence electrons. The summed E-state index contributed by atoms with van der Waals surface area (Å²) in [6.45, 7) is 4.78. The van der Waals surface area contributed by atoms with E-state index in [9.17, 15) is 4.79 Å². The maximum Gasteiger partial charge on any atom is 0.305 e. The number of aromatic nitrogens is 2. The molecule has 7 heteroatoms. The molecule has 0 amide bonds. The van der Waals surface area contributed by atoms with Gasteiger partial charge >= 0.3 is 5.97 Å². The number of hydrogen-bond donors (Lipinski definition) is 0. The normalized spacial score (nSPS) is 16.1. The lowest BCUT2D eigenvalue weighted by Gasteiger charge is -2.32. The first kappa shape index (κ1) is 25.0. The number of esters is 1. The second kappa shape index (κ2) is 11.6. The van der Waals surface area contributed by atoms with E-state index >= 15 is 0 Å². The molecule has 0 saturated carbocycles. The van der Waals surface area contributed by atoms with Crippen LogP contribution in [0.1, 0.15) is 38.2 Å². The maximum absolute atomic E-state index is 11.5. The first-order valence-corrected chi connectivity index (χ1v) is 13.0. The monoisotopic (exact) mass is 499 g/mol. The zero-order valence-corrected chi connectivity index (χ0v) is 21.5. The lowest BCUT2D eigenvalue weighted by Crippen LogP contribution is -2.41. The van der Waals surface area contributed by atoms with Crippen LogP contribution in [0.5, 0.6) is 5.88 Å². The molecule has 0 N–H and O–H groups in total. The number of carbonyl (C=O) groups is 1. The minimum Gasteiger partial charge on any atom is -0.472 e. The maximum atomic E-state index is 11.5. The quantitative estimate of drug-likeness (QED) is 0.265. The summed E-state index contributed by atoms with van der Waals surface area (Å²) < 4.78 is 17.7. The molecule has 37 heavy (non-hydrogen) atoms. The van der Waals surface area contributed by atoms with Gasteiger partial charge < -0.3 is 13.9 Å². The van der Waals surface area contributed by atoms with Crippen LogP contribution in [0.3, 0.4) is 0 Å². The molecule has 2 aromatic carbocycles.